The number of para-hydroxylation sites is 1. The molecule has 0 fully saturated rings. The summed E-state index contributed by atoms with van der Waals surface area (Å²) in [7, 11) is 0. The van der Waals surface area contributed by atoms with Crippen molar-refractivity contribution in [2.45, 2.75) is 30.3 Å². The lowest BCUT2D eigenvalue weighted by atomic mass is 10.2. The Labute approximate surface area is 121 Å². The minimum atomic E-state index is -0.108. The third-order valence-electron chi connectivity index (χ3n) is 3.78. The number of hydrogen-bond acceptors (Lipinski definition) is 5. The molecular formula is C15H15N3OS. The molecule has 0 saturated heterocycles. The molecule has 4 rings (SSSR count). The van der Waals surface area contributed by atoms with Crippen LogP contribution in [0.15, 0.2) is 29.2 Å². The quantitative estimate of drug-likeness (QED) is 0.873. The minimum Gasteiger partial charge on any atom is -0.480 e. The van der Waals surface area contributed by atoms with Gasteiger partial charge in [-0.25, -0.2) is 9.97 Å². The van der Waals surface area contributed by atoms with E-state index in [-0.39, 0.29) is 6.10 Å². The maximum Gasteiger partial charge on any atom is 0.172 e. The molecule has 1 unspecified atom stereocenters. The molecule has 1 aromatic heterocycles. The SMILES string of the molecule is Nc1nc(C2CSc3ccccc3O2)nc2c1CCC2. The Morgan fingerprint density at radius 2 is 2.10 bits per heavy atom. The number of nitrogens with zero attached hydrogens (tertiary/aromatic N) is 2. The molecule has 2 N–H and O–H groups in total. The van der Waals surface area contributed by atoms with Gasteiger partial charge in [0.2, 0.25) is 0 Å². The summed E-state index contributed by atoms with van der Waals surface area (Å²) in [6.45, 7) is 0. The van der Waals surface area contributed by atoms with E-state index in [4.69, 9.17) is 10.5 Å². The fourth-order valence-electron chi connectivity index (χ4n) is 2.77. The summed E-state index contributed by atoms with van der Waals surface area (Å²) in [5.41, 5.74) is 8.31. The summed E-state index contributed by atoms with van der Waals surface area (Å²) in [4.78, 5) is 10.3. The van der Waals surface area contributed by atoms with Gasteiger partial charge in [-0.05, 0) is 31.4 Å². The molecule has 0 amide bonds. The summed E-state index contributed by atoms with van der Waals surface area (Å²) in [6.07, 6.45) is 3.03. The van der Waals surface area contributed by atoms with Gasteiger partial charge >= 0.3 is 0 Å². The van der Waals surface area contributed by atoms with Crippen molar-refractivity contribution in [3.63, 3.8) is 0 Å². The second kappa shape index (κ2) is 4.66. The topological polar surface area (TPSA) is 61.0 Å². The lowest BCUT2D eigenvalue weighted by molar-refractivity contribution is 0.210. The van der Waals surface area contributed by atoms with Crippen molar-refractivity contribution in [1.82, 2.24) is 9.97 Å². The zero-order valence-corrected chi connectivity index (χ0v) is 11.8. The number of hydrogen-bond donors (Lipinski definition) is 1. The summed E-state index contributed by atoms with van der Waals surface area (Å²) in [5, 5.41) is 0. The molecule has 5 heteroatoms. The first-order valence-electron chi connectivity index (χ1n) is 6.85. The van der Waals surface area contributed by atoms with Crippen molar-refractivity contribution in [2.75, 3.05) is 11.5 Å². The number of nitrogens with two attached hydrogens (primary N) is 1. The Morgan fingerprint density at radius 1 is 1.20 bits per heavy atom. The third kappa shape index (κ3) is 1.93. The van der Waals surface area contributed by atoms with Crippen molar-refractivity contribution in [3.8, 4) is 5.75 Å². The molecule has 1 atom stereocenters. The van der Waals surface area contributed by atoms with Gasteiger partial charge in [-0.1, -0.05) is 12.1 Å². The number of aryl methyl sites for hydroxylation is 1. The van der Waals surface area contributed by atoms with Crippen LogP contribution in [0.4, 0.5) is 5.82 Å². The zero-order chi connectivity index (χ0) is 13.5. The third-order valence-corrected chi connectivity index (χ3v) is 4.90. The van der Waals surface area contributed by atoms with Crippen LogP contribution in [0, 0.1) is 0 Å². The standard InChI is InChI=1S/C15H15N3OS/c16-14-9-4-3-5-10(9)17-15(18-14)12-8-20-13-7-2-1-6-11(13)19-12/h1-2,6-7,12H,3-5,8H2,(H2,16,17,18). The minimum absolute atomic E-state index is 0.108. The lowest BCUT2D eigenvalue weighted by Gasteiger charge is -2.24. The zero-order valence-electron chi connectivity index (χ0n) is 11.0. The van der Waals surface area contributed by atoms with Gasteiger partial charge in [-0.2, -0.15) is 0 Å². The Morgan fingerprint density at radius 3 is 3.05 bits per heavy atom. The first-order chi connectivity index (χ1) is 9.81. The number of rotatable bonds is 1. The van der Waals surface area contributed by atoms with E-state index in [0.717, 1.165) is 47.8 Å². The first-order valence-corrected chi connectivity index (χ1v) is 7.83. The molecule has 0 saturated carbocycles. The normalized spacial score (nSPS) is 20.1. The van der Waals surface area contributed by atoms with Crippen LogP contribution < -0.4 is 10.5 Å². The van der Waals surface area contributed by atoms with Crippen molar-refractivity contribution >= 4 is 17.6 Å². The number of anilines is 1. The van der Waals surface area contributed by atoms with E-state index in [1.54, 1.807) is 11.8 Å². The number of fused-ring (bicyclic) bond motifs is 2. The van der Waals surface area contributed by atoms with Gasteiger partial charge < -0.3 is 10.5 Å². The molecule has 2 heterocycles. The van der Waals surface area contributed by atoms with Crippen LogP contribution in [-0.2, 0) is 12.8 Å². The molecule has 2 aromatic rings. The van der Waals surface area contributed by atoms with Crippen molar-refractivity contribution in [1.29, 1.82) is 0 Å². The van der Waals surface area contributed by atoms with Crippen molar-refractivity contribution < 1.29 is 4.74 Å². The Balaban J connectivity index is 1.68. The van der Waals surface area contributed by atoms with E-state index in [1.165, 1.54) is 4.90 Å². The van der Waals surface area contributed by atoms with E-state index in [1.807, 2.05) is 18.2 Å². The molecule has 1 aliphatic heterocycles. The monoisotopic (exact) mass is 285 g/mol. The summed E-state index contributed by atoms with van der Waals surface area (Å²) in [5.74, 6) is 3.10. The number of aromatic nitrogens is 2. The highest BCUT2D eigenvalue weighted by Gasteiger charge is 2.26. The van der Waals surface area contributed by atoms with Crippen LogP contribution in [0.1, 0.15) is 29.6 Å². The molecule has 2 aliphatic rings. The van der Waals surface area contributed by atoms with E-state index in [2.05, 4.69) is 16.0 Å². The fraction of sp³-hybridized carbons (Fsp3) is 0.333. The smallest absolute Gasteiger partial charge is 0.172 e. The second-order valence-electron chi connectivity index (χ2n) is 5.11. The fourth-order valence-corrected chi connectivity index (χ4v) is 3.75. The lowest BCUT2D eigenvalue weighted by Crippen LogP contribution is -2.19. The van der Waals surface area contributed by atoms with E-state index < -0.39 is 0 Å². The van der Waals surface area contributed by atoms with Crippen LogP contribution in [0.5, 0.6) is 5.75 Å². The van der Waals surface area contributed by atoms with Gasteiger partial charge in [0.05, 0.1) is 0 Å². The molecule has 0 radical (unpaired) electrons. The van der Waals surface area contributed by atoms with Gasteiger partial charge in [0.1, 0.15) is 11.6 Å². The average molecular weight is 285 g/mol. The van der Waals surface area contributed by atoms with Crippen LogP contribution in [0.3, 0.4) is 0 Å². The maximum atomic E-state index is 6.06. The van der Waals surface area contributed by atoms with E-state index >= 15 is 0 Å². The average Bonchev–Trinajstić information content (AvgIpc) is 2.96. The number of thioether (sulfide) groups is 1. The van der Waals surface area contributed by atoms with Gasteiger partial charge in [-0.3, -0.25) is 0 Å². The highest BCUT2D eigenvalue weighted by atomic mass is 32.2. The van der Waals surface area contributed by atoms with Gasteiger partial charge in [0, 0.05) is 21.9 Å². The second-order valence-corrected chi connectivity index (χ2v) is 6.17. The van der Waals surface area contributed by atoms with Crippen LogP contribution in [0.25, 0.3) is 0 Å². The van der Waals surface area contributed by atoms with E-state index in [0.29, 0.717) is 5.82 Å². The predicted molar refractivity (Wildman–Crippen MR) is 79.0 cm³/mol. The van der Waals surface area contributed by atoms with Gasteiger partial charge in [0.15, 0.2) is 11.9 Å². The Kier molecular flexibility index (Phi) is 2.80. The van der Waals surface area contributed by atoms with Crippen molar-refractivity contribution in [3.05, 3.63) is 41.3 Å². The highest BCUT2D eigenvalue weighted by Crippen LogP contribution is 2.40. The molecule has 0 spiro atoms. The van der Waals surface area contributed by atoms with Crippen LogP contribution >= 0.6 is 11.8 Å². The largest absolute Gasteiger partial charge is 0.480 e. The molecule has 1 aliphatic carbocycles. The molecule has 102 valence electrons. The number of ether oxygens (including phenoxy) is 1. The molecule has 4 nitrogen and oxygen atoms in total. The summed E-state index contributed by atoms with van der Waals surface area (Å²) >= 11 is 1.78. The van der Waals surface area contributed by atoms with Gasteiger partial charge in [0.25, 0.3) is 0 Å². The molecule has 1 aromatic carbocycles. The van der Waals surface area contributed by atoms with Crippen LogP contribution in [0.2, 0.25) is 0 Å². The summed E-state index contributed by atoms with van der Waals surface area (Å²) < 4.78 is 6.03. The maximum absolute atomic E-state index is 6.06. The highest BCUT2D eigenvalue weighted by molar-refractivity contribution is 7.99. The first kappa shape index (κ1) is 12.0. The molecule has 0 bridgehead atoms. The Bertz CT molecular complexity index is 674. The molecular weight excluding hydrogens is 270 g/mol. The predicted octanol–water partition coefficient (Wildman–Crippen LogP) is 2.77. The van der Waals surface area contributed by atoms with Crippen LogP contribution in [-0.4, -0.2) is 15.7 Å². The van der Waals surface area contributed by atoms with E-state index in [9.17, 15) is 0 Å². The Hall–Kier alpha value is -1.75. The van der Waals surface area contributed by atoms with Gasteiger partial charge in [-0.15, -0.1) is 11.8 Å². The van der Waals surface area contributed by atoms with Crippen molar-refractivity contribution in [2.24, 2.45) is 0 Å². The number of benzene rings is 1. The molecule has 20 heavy (non-hydrogen) atoms. The summed E-state index contributed by atoms with van der Waals surface area (Å²) in [6, 6.07) is 8.08. The number of nitrogen functional groups attached to an aromatic ring is 1.